The topological polar surface area (TPSA) is 90.2 Å². The quantitative estimate of drug-likeness (QED) is 0.435. The van der Waals surface area contributed by atoms with Gasteiger partial charge in [0.1, 0.15) is 6.33 Å². The Balaban J connectivity index is 2.90. The number of rotatable bonds is 8. The van der Waals surface area contributed by atoms with Crippen LogP contribution in [0.3, 0.4) is 0 Å². The molecule has 0 amide bonds. The van der Waals surface area contributed by atoms with E-state index in [1.54, 1.807) is 0 Å². The molecule has 100 valence electrons. The molecule has 18 heavy (non-hydrogen) atoms. The van der Waals surface area contributed by atoms with Crippen molar-refractivity contribution >= 4 is 11.5 Å². The normalized spacial score (nSPS) is 10.1. The van der Waals surface area contributed by atoms with Crippen molar-refractivity contribution in [2.75, 3.05) is 18.5 Å². The Labute approximate surface area is 106 Å². The van der Waals surface area contributed by atoms with Crippen LogP contribution >= 0.6 is 0 Å². The summed E-state index contributed by atoms with van der Waals surface area (Å²) < 4.78 is 5.26. The second-order valence-corrected chi connectivity index (χ2v) is 3.76. The van der Waals surface area contributed by atoms with Crippen molar-refractivity contribution < 1.29 is 9.66 Å². The predicted octanol–water partition coefficient (Wildman–Crippen LogP) is 2.39. The van der Waals surface area contributed by atoms with E-state index in [0.717, 1.165) is 19.3 Å². The number of ether oxygens (including phenoxy) is 1. The molecular weight excluding hydrogens is 236 g/mol. The zero-order valence-corrected chi connectivity index (χ0v) is 10.7. The first kappa shape index (κ1) is 14.1. The smallest absolute Gasteiger partial charge is 0.372 e. The van der Waals surface area contributed by atoms with E-state index in [-0.39, 0.29) is 17.4 Å². The molecule has 0 unspecified atom stereocenters. The van der Waals surface area contributed by atoms with Crippen molar-refractivity contribution in [3.63, 3.8) is 0 Å². The molecule has 0 aliphatic rings. The van der Waals surface area contributed by atoms with E-state index in [0.29, 0.717) is 13.2 Å². The Kier molecular flexibility index (Phi) is 5.83. The molecule has 1 heterocycles. The van der Waals surface area contributed by atoms with Gasteiger partial charge in [0, 0.05) is 6.54 Å². The van der Waals surface area contributed by atoms with Gasteiger partial charge >= 0.3 is 5.69 Å². The van der Waals surface area contributed by atoms with Gasteiger partial charge < -0.3 is 10.1 Å². The molecule has 0 aliphatic carbocycles. The summed E-state index contributed by atoms with van der Waals surface area (Å²) in [6.07, 6.45) is 3.96. The molecule has 0 fully saturated rings. The minimum atomic E-state index is -0.515. The molecule has 0 saturated heterocycles. The lowest BCUT2D eigenvalue weighted by Crippen LogP contribution is -2.09. The Morgan fingerprint density at radius 2 is 2.17 bits per heavy atom. The molecule has 7 nitrogen and oxygen atoms in total. The third-order valence-corrected chi connectivity index (χ3v) is 2.24. The van der Waals surface area contributed by atoms with E-state index in [2.05, 4.69) is 15.3 Å². The average Bonchev–Trinajstić information content (AvgIpc) is 2.36. The van der Waals surface area contributed by atoms with Gasteiger partial charge in [-0.15, -0.1) is 0 Å². The van der Waals surface area contributed by atoms with E-state index in [9.17, 15) is 10.1 Å². The fourth-order valence-electron chi connectivity index (χ4n) is 1.34. The molecule has 1 aromatic heterocycles. The molecule has 1 rings (SSSR count). The summed E-state index contributed by atoms with van der Waals surface area (Å²) >= 11 is 0. The van der Waals surface area contributed by atoms with Crippen molar-refractivity contribution in [1.29, 1.82) is 0 Å². The first-order chi connectivity index (χ1) is 8.70. The minimum absolute atomic E-state index is 0.0239. The highest BCUT2D eigenvalue weighted by Crippen LogP contribution is 2.30. The Morgan fingerprint density at radius 1 is 1.39 bits per heavy atom. The van der Waals surface area contributed by atoms with Gasteiger partial charge in [0.15, 0.2) is 0 Å². The molecule has 7 heteroatoms. The van der Waals surface area contributed by atoms with Gasteiger partial charge in [-0.05, 0) is 12.8 Å². The molecule has 0 aliphatic heterocycles. The van der Waals surface area contributed by atoms with Crippen LogP contribution in [0.1, 0.15) is 33.1 Å². The van der Waals surface area contributed by atoms with Crippen LogP contribution in [0.2, 0.25) is 0 Å². The van der Waals surface area contributed by atoms with E-state index in [1.807, 2.05) is 13.8 Å². The summed E-state index contributed by atoms with van der Waals surface area (Å²) in [6.45, 7) is 5.01. The number of hydrogen-bond donors (Lipinski definition) is 1. The lowest BCUT2D eigenvalue weighted by Gasteiger charge is -2.08. The summed E-state index contributed by atoms with van der Waals surface area (Å²) in [5, 5.41) is 14.0. The monoisotopic (exact) mass is 254 g/mol. The van der Waals surface area contributed by atoms with Gasteiger partial charge in [0.05, 0.1) is 11.5 Å². The zero-order chi connectivity index (χ0) is 13.4. The maximum absolute atomic E-state index is 11.0. The van der Waals surface area contributed by atoms with Crippen LogP contribution in [0, 0.1) is 10.1 Å². The summed E-state index contributed by atoms with van der Waals surface area (Å²) in [7, 11) is 0. The lowest BCUT2D eigenvalue weighted by atomic mass is 10.3. The standard InChI is InChI=1S/C11H18N4O3/c1-3-5-6-12-10-9(15(16)17)11(14-8-13-10)18-7-4-2/h8H,3-7H2,1-2H3,(H,12,13,14). The number of aromatic nitrogens is 2. The van der Waals surface area contributed by atoms with Crippen LogP contribution in [0.25, 0.3) is 0 Å². The molecule has 0 bridgehead atoms. The van der Waals surface area contributed by atoms with Crippen molar-refractivity contribution in [3.05, 3.63) is 16.4 Å². The van der Waals surface area contributed by atoms with E-state index < -0.39 is 4.92 Å². The second kappa shape index (κ2) is 7.41. The summed E-state index contributed by atoms with van der Waals surface area (Å²) in [6, 6.07) is 0. The van der Waals surface area contributed by atoms with E-state index in [4.69, 9.17) is 4.74 Å². The number of nitro groups is 1. The van der Waals surface area contributed by atoms with Gasteiger partial charge in [-0.2, -0.15) is 4.98 Å². The highest BCUT2D eigenvalue weighted by Gasteiger charge is 2.23. The first-order valence-corrected chi connectivity index (χ1v) is 6.06. The molecule has 0 saturated carbocycles. The highest BCUT2D eigenvalue weighted by molar-refractivity contribution is 5.61. The molecule has 1 N–H and O–H groups in total. The third kappa shape index (κ3) is 3.83. The van der Waals surface area contributed by atoms with Crippen LogP contribution in [0.15, 0.2) is 6.33 Å². The van der Waals surface area contributed by atoms with Crippen molar-refractivity contribution in [2.45, 2.75) is 33.1 Å². The zero-order valence-electron chi connectivity index (χ0n) is 10.7. The van der Waals surface area contributed by atoms with Crippen molar-refractivity contribution in [1.82, 2.24) is 9.97 Å². The Morgan fingerprint density at radius 3 is 2.78 bits per heavy atom. The van der Waals surface area contributed by atoms with Crippen LogP contribution < -0.4 is 10.1 Å². The van der Waals surface area contributed by atoms with Gasteiger partial charge in [-0.3, -0.25) is 10.1 Å². The van der Waals surface area contributed by atoms with Crippen molar-refractivity contribution in [3.8, 4) is 5.88 Å². The molecular formula is C11H18N4O3. The Hall–Kier alpha value is -1.92. The van der Waals surface area contributed by atoms with Crippen LogP contribution in [-0.4, -0.2) is 28.0 Å². The number of unbranched alkanes of at least 4 members (excludes halogenated alkanes) is 1. The van der Waals surface area contributed by atoms with Crippen molar-refractivity contribution in [2.24, 2.45) is 0 Å². The van der Waals surface area contributed by atoms with Crippen LogP contribution in [0.5, 0.6) is 5.88 Å². The number of anilines is 1. The van der Waals surface area contributed by atoms with Gasteiger partial charge in [-0.25, -0.2) is 4.98 Å². The molecule has 1 aromatic rings. The van der Waals surface area contributed by atoms with Gasteiger partial charge in [0.2, 0.25) is 5.82 Å². The van der Waals surface area contributed by atoms with Gasteiger partial charge in [-0.1, -0.05) is 20.3 Å². The summed E-state index contributed by atoms with van der Waals surface area (Å²) in [5.41, 5.74) is -0.193. The van der Waals surface area contributed by atoms with E-state index >= 15 is 0 Å². The lowest BCUT2D eigenvalue weighted by molar-refractivity contribution is -0.385. The predicted molar refractivity (Wildman–Crippen MR) is 67.9 cm³/mol. The second-order valence-electron chi connectivity index (χ2n) is 3.76. The number of nitrogens with one attached hydrogen (secondary N) is 1. The van der Waals surface area contributed by atoms with Crippen LogP contribution in [0.4, 0.5) is 11.5 Å². The highest BCUT2D eigenvalue weighted by atomic mass is 16.6. The average molecular weight is 254 g/mol. The first-order valence-electron chi connectivity index (χ1n) is 6.06. The fraction of sp³-hybridized carbons (Fsp3) is 0.636. The summed E-state index contributed by atoms with van der Waals surface area (Å²) in [4.78, 5) is 18.2. The molecule has 0 atom stereocenters. The maximum atomic E-state index is 11.0. The largest absolute Gasteiger partial charge is 0.473 e. The fourth-order valence-corrected chi connectivity index (χ4v) is 1.34. The molecule has 0 spiro atoms. The minimum Gasteiger partial charge on any atom is -0.473 e. The third-order valence-electron chi connectivity index (χ3n) is 2.24. The molecule has 0 aromatic carbocycles. The SMILES string of the molecule is CCCCNc1ncnc(OCCC)c1[N+](=O)[O-]. The molecule has 0 radical (unpaired) electrons. The Bertz CT molecular complexity index is 398. The summed E-state index contributed by atoms with van der Waals surface area (Å²) in [5.74, 6) is 0.241. The van der Waals surface area contributed by atoms with Gasteiger partial charge in [0.25, 0.3) is 5.88 Å². The van der Waals surface area contributed by atoms with Crippen LogP contribution in [-0.2, 0) is 0 Å². The number of hydrogen-bond acceptors (Lipinski definition) is 6. The number of nitrogens with zero attached hydrogens (tertiary/aromatic N) is 3. The maximum Gasteiger partial charge on any atom is 0.372 e. The van der Waals surface area contributed by atoms with E-state index in [1.165, 1.54) is 6.33 Å².